The second-order valence-electron chi connectivity index (χ2n) is 7.43. The van der Waals surface area contributed by atoms with Gasteiger partial charge in [-0.1, -0.05) is 75.7 Å². The van der Waals surface area contributed by atoms with Gasteiger partial charge in [0.05, 0.1) is 6.61 Å². The highest BCUT2D eigenvalue weighted by molar-refractivity contribution is 9.09. The summed E-state index contributed by atoms with van der Waals surface area (Å²) in [5.41, 5.74) is 2.82. The van der Waals surface area contributed by atoms with Crippen molar-refractivity contribution in [2.75, 3.05) is 11.9 Å². The van der Waals surface area contributed by atoms with Crippen molar-refractivity contribution < 1.29 is 4.74 Å². The zero-order chi connectivity index (χ0) is 15.4. The molecule has 1 nitrogen and oxygen atoms in total. The minimum Gasteiger partial charge on any atom is -0.493 e. The third-order valence-corrected chi connectivity index (χ3v) is 3.97. The largest absolute Gasteiger partial charge is 0.493 e. The van der Waals surface area contributed by atoms with Crippen molar-refractivity contribution in [2.45, 2.75) is 65.2 Å². The molecule has 1 rings (SSSR count). The number of unbranched alkanes of at least 4 members (excludes halogenated alkanes) is 1. The summed E-state index contributed by atoms with van der Waals surface area (Å²) in [6.45, 7) is 14.3. The lowest BCUT2D eigenvalue weighted by Gasteiger charge is -2.29. The van der Waals surface area contributed by atoms with E-state index in [0.717, 1.165) is 30.5 Å². The second kappa shape index (κ2) is 6.98. The molecule has 0 atom stereocenters. The predicted octanol–water partition coefficient (Wildman–Crippen LogP) is 5.84. The first-order valence-corrected chi connectivity index (χ1v) is 8.63. The van der Waals surface area contributed by atoms with Crippen molar-refractivity contribution in [3.8, 4) is 5.75 Å². The van der Waals surface area contributed by atoms with E-state index in [1.807, 2.05) is 0 Å². The molecule has 0 spiro atoms. The number of para-hydroxylation sites is 1. The molecule has 0 N–H and O–H groups in total. The van der Waals surface area contributed by atoms with Crippen LogP contribution in [0.4, 0.5) is 0 Å². The topological polar surface area (TPSA) is 9.23 Å². The number of hydrogen-bond acceptors (Lipinski definition) is 1. The molecule has 20 heavy (non-hydrogen) atoms. The van der Waals surface area contributed by atoms with Gasteiger partial charge in [-0.15, -0.1) is 0 Å². The Balaban J connectivity index is 3.13. The molecular formula is C18H29BrO. The predicted molar refractivity (Wildman–Crippen MR) is 92.4 cm³/mol. The van der Waals surface area contributed by atoms with Crippen molar-refractivity contribution in [3.63, 3.8) is 0 Å². The van der Waals surface area contributed by atoms with Crippen LogP contribution in [0, 0.1) is 0 Å². The lowest BCUT2D eigenvalue weighted by Crippen LogP contribution is -2.19. The summed E-state index contributed by atoms with van der Waals surface area (Å²) in [4.78, 5) is 0. The molecule has 0 aromatic heterocycles. The molecule has 0 amide bonds. The molecule has 0 aliphatic carbocycles. The fraction of sp³-hybridized carbons (Fsp3) is 0.667. The number of benzene rings is 1. The molecular weight excluding hydrogens is 312 g/mol. The standard InChI is InChI=1S/C18H29BrO/c1-17(2,3)14-10-9-11-15(18(4,5)6)16(14)20-13-8-7-12-19/h9-11H,7-8,12-13H2,1-6H3. The summed E-state index contributed by atoms with van der Waals surface area (Å²) in [6, 6.07) is 6.57. The van der Waals surface area contributed by atoms with Gasteiger partial charge in [0.2, 0.25) is 0 Å². The SMILES string of the molecule is CC(C)(C)c1cccc(C(C)(C)C)c1OCCCCBr. The van der Waals surface area contributed by atoms with Gasteiger partial charge in [-0.05, 0) is 34.8 Å². The van der Waals surface area contributed by atoms with Gasteiger partial charge in [-0.2, -0.15) is 0 Å². The Bertz CT molecular complexity index is 392. The minimum absolute atomic E-state index is 0.103. The van der Waals surface area contributed by atoms with E-state index >= 15 is 0 Å². The van der Waals surface area contributed by atoms with Crippen LogP contribution < -0.4 is 4.74 Å². The summed E-state index contributed by atoms with van der Waals surface area (Å²) in [5.74, 6) is 1.10. The maximum atomic E-state index is 6.20. The van der Waals surface area contributed by atoms with Gasteiger partial charge < -0.3 is 4.74 Å². The van der Waals surface area contributed by atoms with Gasteiger partial charge >= 0.3 is 0 Å². The van der Waals surface area contributed by atoms with Crippen LogP contribution in [0.5, 0.6) is 5.75 Å². The Kier molecular flexibility index (Phi) is 6.12. The van der Waals surface area contributed by atoms with Crippen LogP contribution in [0.2, 0.25) is 0 Å². The molecule has 0 saturated heterocycles. The third-order valence-electron chi connectivity index (χ3n) is 3.41. The molecule has 2 heteroatoms. The van der Waals surface area contributed by atoms with E-state index in [1.54, 1.807) is 0 Å². The molecule has 1 aromatic rings. The Hall–Kier alpha value is -0.500. The highest BCUT2D eigenvalue weighted by Crippen LogP contribution is 2.39. The molecule has 0 radical (unpaired) electrons. The van der Waals surface area contributed by atoms with Crippen molar-refractivity contribution in [1.82, 2.24) is 0 Å². The van der Waals surface area contributed by atoms with E-state index < -0.39 is 0 Å². The van der Waals surface area contributed by atoms with Gasteiger partial charge in [-0.25, -0.2) is 0 Å². The second-order valence-corrected chi connectivity index (χ2v) is 8.22. The summed E-state index contributed by atoms with van der Waals surface area (Å²) < 4.78 is 6.20. The summed E-state index contributed by atoms with van der Waals surface area (Å²) in [6.07, 6.45) is 2.25. The van der Waals surface area contributed by atoms with Gasteiger partial charge in [0.15, 0.2) is 0 Å². The maximum Gasteiger partial charge on any atom is 0.126 e. The number of hydrogen-bond donors (Lipinski definition) is 0. The number of ether oxygens (including phenoxy) is 1. The fourth-order valence-electron chi connectivity index (χ4n) is 2.24. The average molecular weight is 341 g/mol. The van der Waals surface area contributed by atoms with E-state index in [0.29, 0.717) is 0 Å². The van der Waals surface area contributed by atoms with E-state index in [-0.39, 0.29) is 10.8 Å². The molecule has 114 valence electrons. The third kappa shape index (κ3) is 4.80. The molecule has 0 unspecified atom stereocenters. The summed E-state index contributed by atoms with van der Waals surface area (Å²) in [7, 11) is 0. The lowest BCUT2D eigenvalue weighted by molar-refractivity contribution is 0.293. The Morgan fingerprint density at radius 2 is 1.40 bits per heavy atom. The van der Waals surface area contributed by atoms with Crippen molar-refractivity contribution in [1.29, 1.82) is 0 Å². The Morgan fingerprint density at radius 1 is 0.900 bits per heavy atom. The first-order valence-electron chi connectivity index (χ1n) is 7.50. The summed E-state index contributed by atoms with van der Waals surface area (Å²) in [5, 5.41) is 1.05. The van der Waals surface area contributed by atoms with Crippen LogP contribution >= 0.6 is 15.9 Å². The molecule has 1 aromatic carbocycles. The molecule has 0 aliphatic heterocycles. The monoisotopic (exact) mass is 340 g/mol. The van der Waals surface area contributed by atoms with E-state index in [2.05, 4.69) is 75.7 Å². The van der Waals surface area contributed by atoms with Gasteiger partial charge in [0.1, 0.15) is 5.75 Å². The maximum absolute atomic E-state index is 6.20. The zero-order valence-corrected chi connectivity index (χ0v) is 15.4. The quantitative estimate of drug-likeness (QED) is 0.483. The Morgan fingerprint density at radius 3 is 1.80 bits per heavy atom. The molecule has 0 aliphatic rings. The molecule has 0 saturated carbocycles. The van der Waals surface area contributed by atoms with Gasteiger partial charge in [-0.3, -0.25) is 0 Å². The van der Waals surface area contributed by atoms with Crippen molar-refractivity contribution >= 4 is 15.9 Å². The highest BCUT2D eigenvalue weighted by atomic mass is 79.9. The van der Waals surface area contributed by atoms with Crippen LogP contribution in [-0.4, -0.2) is 11.9 Å². The van der Waals surface area contributed by atoms with Gasteiger partial charge in [0, 0.05) is 5.33 Å². The van der Waals surface area contributed by atoms with Crippen molar-refractivity contribution in [2.24, 2.45) is 0 Å². The first-order chi connectivity index (χ1) is 9.18. The number of alkyl halides is 1. The van der Waals surface area contributed by atoms with Crippen LogP contribution in [0.3, 0.4) is 0 Å². The van der Waals surface area contributed by atoms with E-state index in [4.69, 9.17) is 4.74 Å². The highest BCUT2D eigenvalue weighted by Gasteiger charge is 2.26. The normalized spacial score (nSPS) is 12.6. The zero-order valence-electron chi connectivity index (χ0n) is 13.8. The number of halogens is 1. The van der Waals surface area contributed by atoms with E-state index in [9.17, 15) is 0 Å². The molecule has 0 heterocycles. The van der Waals surface area contributed by atoms with Crippen LogP contribution in [0.15, 0.2) is 18.2 Å². The average Bonchev–Trinajstić information content (AvgIpc) is 2.32. The first kappa shape index (κ1) is 17.6. The van der Waals surface area contributed by atoms with Crippen LogP contribution in [0.25, 0.3) is 0 Å². The lowest BCUT2D eigenvalue weighted by atomic mass is 9.79. The number of rotatable bonds is 5. The van der Waals surface area contributed by atoms with E-state index in [1.165, 1.54) is 11.1 Å². The summed E-state index contributed by atoms with van der Waals surface area (Å²) >= 11 is 3.47. The molecule has 0 fully saturated rings. The van der Waals surface area contributed by atoms with Crippen LogP contribution in [0.1, 0.15) is 65.5 Å². The minimum atomic E-state index is 0.103. The van der Waals surface area contributed by atoms with Crippen molar-refractivity contribution in [3.05, 3.63) is 29.3 Å². The van der Waals surface area contributed by atoms with Crippen LogP contribution in [-0.2, 0) is 10.8 Å². The molecule has 0 bridgehead atoms. The fourth-order valence-corrected chi connectivity index (χ4v) is 2.64. The smallest absolute Gasteiger partial charge is 0.126 e. The Labute approximate surface area is 133 Å². The van der Waals surface area contributed by atoms with Gasteiger partial charge in [0.25, 0.3) is 0 Å².